The molecule has 148 valence electrons. The number of aromatic hydroxyl groups is 1. The van der Waals surface area contributed by atoms with Gasteiger partial charge in [-0.2, -0.15) is 0 Å². The Morgan fingerprint density at radius 3 is 2.75 bits per heavy atom. The smallest absolute Gasteiger partial charge is 0.347 e. The minimum absolute atomic E-state index is 0.155. The average Bonchev–Trinajstić information content (AvgIpc) is 3.26. The van der Waals surface area contributed by atoms with Crippen LogP contribution in [0.2, 0.25) is 0 Å². The summed E-state index contributed by atoms with van der Waals surface area (Å²) >= 11 is 2.40. The number of aromatic nitrogens is 4. The van der Waals surface area contributed by atoms with Crippen LogP contribution in [0, 0.1) is 0 Å². The third-order valence-electron chi connectivity index (χ3n) is 4.00. The highest BCUT2D eigenvalue weighted by atomic mass is 32.2. The van der Waals surface area contributed by atoms with E-state index in [1.807, 2.05) is 6.92 Å². The van der Waals surface area contributed by atoms with Gasteiger partial charge in [0.25, 0.3) is 0 Å². The molecule has 0 amide bonds. The lowest BCUT2D eigenvalue weighted by atomic mass is 10.1. The van der Waals surface area contributed by atoms with E-state index in [2.05, 4.69) is 15.0 Å². The number of H-pyrrole nitrogens is 1. The van der Waals surface area contributed by atoms with Gasteiger partial charge in [-0.3, -0.25) is 4.98 Å². The number of nitrogens with zero attached hydrogens (tertiary/aromatic N) is 3. The standard InChI is InChI=1S/C17H18N4O5S2/c1-2-11(22)9-3-4-13(18-7-9)21-10(14(23)20-16(21)26)5-6-27-17-19-8-12(28-17)15(24)25/h3-4,7-8,11,22-23H,2,5-6H2,1H3,(H,20,26)(H,24,25). The zero-order valence-electron chi connectivity index (χ0n) is 14.8. The van der Waals surface area contributed by atoms with Crippen molar-refractivity contribution in [2.45, 2.75) is 30.2 Å². The molecule has 3 heterocycles. The fourth-order valence-electron chi connectivity index (χ4n) is 2.55. The van der Waals surface area contributed by atoms with Crippen LogP contribution in [0.5, 0.6) is 5.88 Å². The van der Waals surface area contributed by atoms with Gasteiger partial charge in [-0.1, -0.05) is 24.8 Å². The third kappa shape index (κ3) is 4.26. The first-order chi connectivity index (χ1) is 13.4. The SMILES string of the molecule is CCC(O)c1ccc(-n2c(CCSc3ncc(C(=O)O)s3)c(O)[nH]c2=O)nc1. The minimum atomic E-state index is -1.02. The van der Waals surface area contributed by atoms with Crippen LogP contribution in [0.3, 0.4) is 0 Å². The number of aromatic carboxylic acids is 1. The number of aliphatic hydroxyl groups is 1. The van der Waals surface area contributed by atoms with E-state index in [0.717, 1.165) is 11.3 Å². The maximum absolute atomic E-state index is 12.2. The number of imidazole rings is 1. The van der Waals surface area contributed by atoms with Gasteiger partial charge in [-0.05, 0) is 18.1 Å². The largest absolute Gasteiger partial charge is 0.493 e. The van der Waals surface area contributed by atoms with Gasteiger partial charge in [-0.25, -0.2) is 24.1 Å². The minimum Gasteiger partial charge on any atom is -0.493 e. The van der Waals surface area contributed by atoms with Crippen molar-refractivity contribution < 1.29 is 20.1 Å². The number of nitrogens with one attached hydrogen (secondary N) is 1. The van der Waals surface area contributed by atoms with Crippen molar-refractivity contribution in [1.29, 1.82) is 0 Å². The van der Waals surface area contributed by atoms with Crippen molar-refractivity contribution in [1.82, 2.24) is 19.5 Å². The van der Waals surface area contributed by atoms with Crippen molar-refractivity contribution >= 4 is 29.1 Å². The molecule has 9 nitrogen and oxygen atoms in total. The molecule has 11 heteroatoms. The van der Waals surface area contributed by atoms with Gasteiger partial charge in [0.2, 0.25) is 5.88 Å². The Bertz CT molecular complexity index is 1030. The molecule has 0 aromatic carbocycles. The Kier molecular flexibility index (Phi) is 6.17. The van der Waals surface area contributed by atoms with Crippen molar-refractivity contribution in [2.24, 2.45) is 0 Å². The lowest BCUT2D eigenvalue weighted by Gasteiger charge is -2.10. The molecule has 0 spiro atoms. The summed E-state index contributed by atoms with van der Waals surface area (Å²) in [7, 11) is 0. The van der Waals surface area contributed by atoms with Gasteiger partial charge >= 0.3 is 11.7 Å². The maximum Gasteiger partial charge on any atom is 0.347 e. The summed E-state index contributed by atoms with van der Waals surface area (Å²) in [4.78, 5) is 33.9. The van der Waals surface area contributed by atoms with Gasteiger partial charge in [0.05, 0.1) is 18.0 Å². The van der Waals surface area contributed by atoms with Gasteiger partial charge < -0.3 is 15.3 Å². The van der Waals surface area contributed by atoms with Crippen molar-refractivity contribution in [3.05, 3.63) is 51.1 Å². The van der Waals surface area contributed by atoms with Crippen molar-refractivity contribution in [2.75, 3.05) is 5.75 Å². The predicted octanol–water partition coefficient (Wildman–Crippen LogP) is 2.20. The summed E-state index contributed by atoms with van der Waals surface area (Å²) < 4.78 is 1.88. The number of aliphatic hydroxyl groups excluding tert-OH is 1. The predicted molar refractivity (Wildman–Crippen MR) is 105 cm³/mol. The maximum atomic E-state index is 12.2. The number of hydrogen-bond acceptors (Lipinski definition) is 8. The first-order valence-electron chi connectivity index (χ1n) is 8.39. The monoisotopic (exact) mass is 422 g/mol. The molecule has 0 aliphatic carbocycles. The van der Waals surface area contributed by atoms with E-state index in [-0.39, 0.29) is 10.8 Å². The number of pyridine rings is 1. The summed E-state index contributed by atoms with van der Waals surface area (Å²) in [5.74, 6) is -0.458. The second kappa shape index (κ2) is 8.59. The molecule has 3 aromatic rings. The molecule has 0 aliphatic rings. The zero-order chi connectivity index (χ0) is 20.3. The van der Waals surface area contributed by atoms with Crippen LogP contribution in [0.4, 0.5) is 0 Å². The fraction of sp³-hybridized carbons (Fsp3) is 0.294. The quantitative estimate of drug-likeness (QED) is 0.405. The normalized spacial score (nSPS) is 12.2. The van der Waals surface area contributed by atoms with Crippen molar-refractivity contribution in [3.8, 4) is 11.7 Å². The van der Waals surface area contributed by atoms with Crippen LogP contribution in [0.1, 0.15) is 40.4 Å². The molecule has 0 radical (unpaired) electrons. The van der Waals surface area contributed by atoms with Crippen LogP contribution in [0.25, 0.3) is 5.82 Å². The number of carbonyl (C=O) groups is 1. The number of thiazole rings is 1. The highest BCUT2D eigenvalue weighted by molar-refractivity contribution is 8.01. The van der Waals surface area contributed by atoms with Crippen LogP contribution < -0.4 is 5.69 Å². The molecule has 0 fully saturated rings. The Labute approximate surface area is 167 Å². The Balaban J connectivity index is 1.77. The Hall–Kier alpha value is -2.63. The average molecular weight is 422 g/mol. The van der Waals surface area contributed by atoms with Crippen LogP contribution in [-0.4, -0.2) is 46.6 Å². The van der Waals surface area contributed by atoms with E-state index in [1.54, 1.807) is 12.1 Å². The Morgan fingerprint density at radius 1 is 1.36 bits per heavy atom. The molecule has 0 bridgehead atoms. The summed E-state index contributed by atoms with van der Waals surface area (Å²) in [6.07, 6.45) is 3.06. The molecule has 1 unspecified atom stereocenters. The van der Waals surface area contributed by atoms with Crippen LogP contribution >= 0.6 is 23.1 Å². The number of aromatic amines is 1. The number of hydrogen-bond donors (Lipinski definition) is 4. The summed E-state index contributed by atoms with van der Waals surface area (Å²) in [5, 5.41) is 28.9. The highest BCUT2D eigenvalue weighted by Crippen LogP contribution is 2.26. The number of thioether (sulfide) groups is 1. The van der Waals surface area contributed by atoms with Gasteiger partial charge in [0.15, 0.2) is 4.34 Å². The second-order valence-corrected chi connectivity index (χ2v) is 8.20. The number of rotatable bonds is 8. The van der Waals surface area contributed by atoms with Crippen LogP contribution in [-0.2, 0) is 6.42 Å². The fourth-order valence-corrected chi connectivity index (χ4v) is 4.39. The topological polar surface area (TPSA) is 141 Å². The summed E-state index contributed by atoms with van der Waals surface area (Å²) in [6.45, 7) is 1.85. The molecule has 0 saturated carbocycles. The molecule has 3 rings (SSSR count). The van der Waals surface area contributed by atoms with Crippen molar-refractivity contribution in [3.63, 3.8) is 0 Å². The first kappa shape index (κ1) is 20.1. The lowest BCUT2D eigenvalue weighted by molar-refractivity contribution is 0.0702. The first-order valence-corrected chi connectivity index (χ1v) is 10.2. The molecule has 4 N–H and O–H groups in total. The summed E-state index contributed by atoms with van der Waals surface area (Å²) in [5.41, 5.74) is 0.495. The van der Waals surface area contributed by atoms with E-state index in [4.69, 9.17) is 5.11 Å². The molecule has 0 aliphatic heterocycles. The van der Waals surface area contributed by atoms with Gasteiger partial charge in [0.1, 0.15) is 10.7 Å². The summed E-state index contributed by atoms with van der Waals surface area (Å²) in [6, 6.07) is 3.30. The van der Waals surface area contributed by atoms with E-state index < -0.39 is 17.8 Å². The molecular weight excluding hydrogens is 404 g/mol. The van der Waals surface area contributed by atoms with Gasteiger partial charge in [0, 0.05) is 18.4 Å². The van der Waals surface area contributed by atoms with E-state index in [9.17, 15) is 19.8 Å². The lowest BCUT2D eigenvalue weighted by Crippen LogP contribution is -2.18. The molecular formula is C17H18N4O5S2. The van der Waals surface area contributed by atoms with Gasteiger partial charge in [-0.15, -0.1) is 11.3 Å². The molecule has 3 aromatic heterocycles. The van der Waals surface area contributed by atoms with E-state index >= 15 is 0 Å². The zero-order valence-corrected chi connectivity index (χ0v) is 16.5. The molecule has 1 atom stereocenters. The Morgan fingerprint density at radius 2 is 2.14 bits per heavy atom. The molecule has 28 heavy (non-hydrogen) atoms. The van der Waals surface area contributed by atoms with E-state index in [0.29, 0.717) is 40.0 Å². The second-order valence-electron chi connectivity index (χ2n) is 5.83. The van der Waals surface area contributed by atoms with E-state index in [1.165, 1.54) is 28.7 Å². The number of carboxylic acids is 1. The number of carboxylic acid groups (broad SMARTS) is 1. The van der Waals surface area contributed by atoms with Crippen LogP contribution in [0.15, 0.2) is 33.7 Å². The molecule has 0 saturated heterocycles. The highest BCUT2D eigenvalue weighted by Gasteiger charge is 2.17. The third-order valence-corrected chi connectivity index (χ3v) is 6.15.